The summed E-state index contributed by atoms with van der Waals surface area (Å²) in [4.78, 5) is 35.4. The fraction of sp³-hybridized carbons (Fsp3) is 0.357. The van der Waals surface area contributed by atoms with Gasteiger partial charge in [-0.25, -0.2) is 10.4 Å². The van der Waals surface area contributed by atoms with Crippen LogP contribution in [0.1, 0.15) is 41.0 Å². The van der Waals surface area contributed by atoms with Gasteiger partial charge in [-0.3, -0.25) is 14.4 Å². The highest BCUT2D eigenvalue weighted by Crippen LogP contribution is 2.21. The molecule has 1 aliphatic heterocycles. The summed E-state index contributed by atoms with van der Waals surface area (Å²) in [7, 11) is 0. The molecule has 0 spiro atoms. The number of aliphatic carboxylic acids is 1. The van der Waals surface area contributed by atoms with Crippen molar-refractivity contribution in [3.8, 4) is 0 Å². The van der Waals surface area contributed by atoms with Crippen LogP contribution in [0.3, 0.4) is 0 Å². The second-order valence-electron chi connectivity index (χ2n) is 5.14. The van der Waals surface area contributed by atoms with E-state index in [9.17, 15) is 14.4 Å². The lowest BCUT2D eigenvalue weighted by Gasteiger charge is -2.22. The van der Waals surface area contributed by atoms with Crippen LogP contribution in [0.4, 0.5) is 0 Å². The minimum atomic E-state index is -1.09. The zero-order chi connectivity index (χ0) is 14.9. The number of hydrogen-bond acceptors (Lipinski definition) is 4. The smallest absolute Gasteiger partial charge is 0.322 e. The predicted octanol–water partition coefficient (Wildman–Crippen LogP) is 1.29. The third-order valence-electron chi connectivity index (χ3n) is 3.08. The first-order valence-electron chi connectivity index (χ1n) is 6.38. The third-order valence-corrected chi connectivity index (χ3v) is 3.08. The molecular weight excluding hydrogens is 260 g/mol. The number of carboxylic acids is 1. The summed E-state index contributed by atoms with van der Waals surface area (Å²) in [5, 5.41) is 9.96. The van der Waals surface area contributed by atoms with Crippen LogP contribution in [0.25, 0.3) is 0 Å². The monoisotopic (exact) mass is 276 g/mol. The second-order valence-corrected chi connectivity index (χ2v) is 5.14. The van der Waals surface area contributed by atoms with Crippen molar-refractivity contribution in [3.05, 3.63) is 35.4 Å². The van der Waals surface area contributed by atoms with Gasteiger partial charge in [0.1, 0.15) is 6.04 Å². The van der Waals surface area contributed by atoms with Gasteiger partial charge in [-0.15, -0.1) is 0 Å². The fourth-order valence-electron chi connectivity index (χ4n) is 2.14. The predicted molar refractivity (Wildman–Crippen MR) is 71.0 cm³/mol. The molecule has 1 aromatic rings. The summed E-state index contributed by atoms with van der Waals surface area (Å²) in [6, 6.07) is 5.45. The number of fused-ring (bicyclic) bond motifs is 1. The Bertz CT molecular complexity index is 533. The molecule has 1 atom stereocenters. The Morgan fingerprint density at radius 1 is 1.20 bits per heavy atom. The Morgan fingerprint density at radius 2 is 1.70 bits per heavy atom. The third kappa shape index (κ3) is 2.55. The van der Waals surface area contributed by atoms with Crippen LogP contribution in [0.15, 0.2) is 24.3 Å². The van der Waals surface area contributed by atoms with Gasteiger partial charge in [0, 0.05) is 0 Å². The highest BCUT2D eigenvalue weighted by Gasteiger charge is 2.37. The van der Waals surface area contributed by atoms with Gasteiger partial charge in [-0.1, -0.05) is 26.0 Å². The zero-order valence-electron chi connectivity index (χ0n) is 11.3. The number of nitrogens with zero attached hydrogens (tertiary/aromatic N) is 1. The van der Waals surface area contributed by atoms with Gasteiger partial charge < -0.3 is 5.11 Å². The summed E-state index contributed by atoms with van der Waals surface area (Å²) in [6.45, 7) is 3.75. The van der Waals surface area contributed by atoms with Crippen molar-refractivity contribution in [2.24, 2.45) is 5.92 Å². The van der Waals surface area contributed by atoms with E-state index in [0.29, 0.717) is 17.5 Å². The first-order chi connectivity index (χ1) is 9.41. The maximum absolute atomic E-state index is 12.1. The lowest BCUT2D eigenvalue weighted by atomic mass is 10.0. The molecule has 0 radical (unpaired) electrons. The van der Waals surface area contributed by atoms with Crippen molar-refractivity contribution in [1.82, 2.24) is 10.4 Å². The Labute approximate surface area is 116 Å². The van der Waals surface area contributed by atoms with E-state index in [0.717, 1.165) is 5.01 Å². The minimum Gasteiger partial charge on any atom is -0.480 e. The van der Waals surface area contributed by atoms with Crippen LogP contribution in [0.2, 0.25) is 0 Å². The summed E-state index contributed by atoms with van der Waals surface area (Å²) in [6.07, 6.45) is 0.322. The second kappa shape index (κ2) is 5.42. The van der Waals surface area contributed by atoms with Crippen LogP contribution in [0.5, 0.6) is 0 Å². The molecule has 0 bridgehead atoms. The van der Waals surface area contributed by atoms with E-state index in [1.54, 1.807) is 24.3 Å². The average molecular weight is 276 g/mol. The molecule has 0 aliphatic carbocycles. The lowest BCUT2D eigenvalue weighted by molar-refractivity contribution is -0.140. The topological polar surface area (TPSA) is 86.7 Å². The Hall–Kier alpha value is -2.21. The highest BCUT2D eigenvalue weighted by molar-refractivity contribution is 6.21. The molecular formula is C14H16N2O4. The SMILES string of the molecule is CC(C)C[C@H](NN1C(=O)c2ccccc2C1=O)C(=O)O. The molecule has 106 valence electrons. The first kappa shape index (κ1) is 14.2. The van der Waals surface area contributed by atoms with Crippen molar-refractivity contribution in [2.75, 3.05) is 0 Å². The van der Waals surface area contributed by atoms with Gasteiger partial charge in [-0.05, 0) is 24.5 Å². The number of benzene rings is 1. The van der Waals surface area contributed by atoms with Crippen molar-refractivity contribution in [1.29, 1.82) is 0 Å². The summed E-state index contributed by atoms with van der Waals surface area (Å²) in [5.41, 5.74) is 3.11. The minimum absolute atomic E-state index is 0.124. The molecule has 0 aromatic heterocycles. The van der Waals surface area contributed by atoms with Gasteiger partial charge in [0.05, 0.1) is 11.1 Å². The van der Waals surface area contributed by atoms with E-state index in [1.807, 2.05) is 13.8 Å². The molecule has 0 fully saturated rings. The van der Waals surface area contributed by atoms with E-state index in [4.69, 9.17) is 5.11 Å². The van der Waals surface area contributed by atoms with Gasteiger partial charge >= 0.3 is 5.97 Å². The first-order valence-corrected chi connectivity index (χ1v) is 6.38. The zero-order valence-corrected chi connectivity index (χ0v) is 11.3. The van der Waals surface area contributed by atoms with Gasteiger partial charge in [0.15, 0.2) is 0 Å². The molecule has 6 nitrogen and oxygen atoms in total. The Morgan fingerprint density at radius 3 is 2.10 bits per heavy atom. The van der Waals surface area contributed by atoms with Crippen LogP contribution < -0.4 is 5.43 Å². The number of imide groups is 1. The molecule has 0 unspecified atom stereocenters. The molecule has 1 heterocycles. The molecule has 1 aromatic carbocycles. The number of hydrogen-bond donors (Lipinski definition) is 2. The fourth-order valence-corrected chi connectivity index (χ4v) is 2.14. The van der Waals surface area contributed by atoms with Crippen LogP contribution in [-0.2, 0) is 4.79 Å². The summed E-state index contributed by atoms with van der Waals surface area (Å²) < 4.78 is 0. The average Bonchev–Trinajstić information content (AvgIpc) is 2.63. The maximum atomic E-state index is 12.1. The number of hydrazine groups is 1. The molecule has 1 aliphatic rings. The van der Waals surface area contributed by atoms with E-state index < -0.39 is 23.8 Å². The van der Waals surface area contributed by atoms with Crippen LogP contribution >= 0.6 is 0 Å². The van der Waals surface area contributed by atoms with E-state index >= 15 is 0 Å². The normalized spacial score (nSPS) is 15.7. The van der Waals surface area contributed by atoms with E-state index in [2.05, 4.69) is 5.43 Å². The largest absolute Gasteiger partial charge is 0.480 e. The maximum Gasteiger partial charge on any atom is 0.322 e. The van der Waals surface area contributed by atoms with Crippen molar-refractivity contribution < 1.29 is 19.5 Å². The molecule has 20 heavy (non-hydrogen) atoms. The van der Waals surface area contributed by atoms with Crippen LogP contribution in [-0.4, -0.2) is 33.9 Å². The summed E-state index contributed by atoms with van der Waals surface area (Å²) in [5.74, 6) is -1.99. The van der Waals surface area contributed by atoms with Gasteiger partial charge in [0.25, 0.3) is 11.8 Å². The molecule has 6 heteroatoms. The van der Waals surface area contributed by atoms with E-state index in [1.165, 1.54) is 0 Å². The summed E-state index contributed by atoms with van der Waals surface area (Å²) >= 11 is 0. The van der Waals surface area contributed by atoms with Crippen molar-refractivity contribution >= 4 is 17.8 Å². The quantitative estimate of drug-likeness (QED) is 0.791. The van der Waals surface area contributed by atoms with Gasteiger partial charge in [0.2, 0.25) is 0 Å². The molecule has 0 saturated heterocycles. The Kier molecular flexibility index (Phi) is 3.85. The number of carbonyl (C=O) groups is 3. The number of carbonyl (C=O) groups excluding carboxylic acids is 2. The number of nitrogens with one attached hydrogen (secondary N) is 1. The van der Waals surface area contributed by atoms with Gasteiger partial charge in [-0.2, -0.15) is 0 Å². The number of carboxylic acid groups (broad SMARTS) is 1. The Balaban J connectivity index is 2.21. The molecule has 2 N–H and O–H groups in total. The molecule has 2 amide bonds. The van der Waals surface area contributed by atoms with Crippen molar-refractivity contribution in [3.63, 3.8) is 0 Å². The number of amides is 2. The molecule has 0 saturated carbocycles. The lowest BCUT2D eigenvalue weighted by Crippen LogP contribution is -2.51. The molecule has 2 rings (SSSR count). The number of rotatable bonds is 5. The highest BCUT2D eigenvalue weighted by atomic mass is 16.4. The standard InChI is InChI=1S/C14H16N2O4/c1-8(2)7-11(14(19)20)15-16-12(17)9-5-3-4-6-10(9)13(16)18/h3-6,8,11,15H,7H2,1-2H3,(H,19,20)/t11-/m0/s1. The van der Waals surface area contributed by atoms with E-state index in [-0.39, 0.29) is 5.92 Å². The van der Waals surface area contributed by atoms with Crippen LogP contribution in [0, 0.1) is 5.92 Å². The van der Waals surface area contributed by atoms with Crippen molar-refractivity contribution in [2.45, 2.75) is 26.3 Å².